The maximum Gasteiger partial charge on any atom is 0.221 e. The number of morpholine rings is 1. The normalized spacial score (nSPS) is 19.6. The Morgan fingerprint density at radius 3 is 2.88 bits per heavy atom. The quantitative estimate of drug-likeness (QED) is 0.824. The molecule has 1 aliphatic heterocycles. The zero-order chi connectivity index (χ0) is 18.0. The standard InChI is InChI=1S/C20H28N4O2/c1-16-2-3-18-17(12-16)13-22-24(18)7-4-19(25)21-14-20(5-6-20)15-23-8-10-26-11-9-23/h2-3,12-13H,4-11,14-15H2,1H3,(H,21,25). The largest absolute Gasteiger partial charge is 0.379 e. The summed E-state index contributed by atoms with van der Waals surface area (Å²) in [6.07, 6.45) is 4.78. The van der Waals surface area contributed by atoms with Crippen molar-refractivity contribution in [1.82, 2.24) is 20.0 Å². The minimum atomic E-state index is 0.119. The van der Waals surface area contributed by atoms with Crippen molar-refractivity contribution >= 4 is 16.8 Å². The predicted molar refractivity (Wildman–Crippen MR) is 101 cm³/mol. The third-order valence-corrected chi connectivity index (χ3v) is 5.63. The van der Waals surface area contributed by atoms with Crippen molar-refractivity contribution < 1.29 is 9.53 Å². The van der Waals surface area contributed by atoms with Crippen LogP contribution in [0.2, 0.25) is 0 Å². The molecule has 2 aliphatic rings. The van der Waals surface area contributed by atoms with Crippen molar-refractivity contribution in [3.05, 3.63) is 30.0 Å². The number of nitrogens with one attached hydrogen (secondary N) is 1. The third-order valence-electron chi connectivity index (χ3n) is 5.63. The topological polar surface area (TPSA) is 59.4 Å². The molecule has 1 saturated heterocycles. The number of rotatable bonds is 7. The van der Waals surface area contributed by atoms with E-state index in [-0.39, 0.29) is 5.91 Å². The number of ether oxygens (including phenoxy) is 1. The summed E-state index contributed by atoms with van der Waals surface area (Å²) in [6, 6.07) is 6.29. The van der Waals surface area contributed by atoms with Gasteiger partial charge in [0.2, 0.25) is 5.91 Å². The summed E-state index contributed by atoms with van der Waals surface area (Å²) < 4.78 is 7.34. The molecule has 0 unspecified atom stereocenters. The minimum absolute atomic E-state index is 0.119. The number of amides is 1. The van der Waals surface area contributed by atoms with Crippen molar-refractivity contribution in [1.29, 1.82) is 0 Å². The number of carbonyl (C=O) groups is 1. The molecule has 1 aromatic heterocycles. The molecule has 6 heteroatoms. The lowest BCUT2D eigenvalue weighted by Crippen LogP contribution is -2.43. The molecular weight excluding hydrogens is 328 g/mol. The summed E-state index contributed by atoms with van der Waals surface area (Å²) in [7, 11) is 0. The molecule has 1 N–H and O–H groups in total. The molecule has 0 atom stereocenters. The maximum atomic E-state index is 12.3. The van der Waals surface area contributed by atoms with Gasteiger partial charge in [0.25, 0.3) is 0 Å². The molecular formula is C20H28N4O2. The summed E-state index contributed by atoms with van der Waals surface area (Å²) in [4.78, 5) is 14.8. The smallest absolute Gasteiger partial charge is 0.221 e. The van der Waals surface area contributed by atoms with Gasteiger partial charge in [-0.25, -0.2) is 0 Å². The first kappa shape index (κ1) is 17.5. The zero-order valence-corrected chi connectivity index (χ0v) is 15.5. The van der Waals surface area contributed by atoms with E-state index in [1.807, 2.05) is 10.9 Å². The summed E-state index contributed by atoms with van der Waals surface area (Å²) >= 11 is 0. The summed E-state index contributed by atoms with van der Waals surface area (Å²) in [6.45, 7) is 8.27. The minimum Gasteiger partial charge on any atom is -0.379 e. The highest BCUT2D eigenvalue weighted by atomic mass is 16.5. The lowest BCUT2D eigenvalue weighted by atomic mass is 10.1. The van der Waals surface area contributed by atoms with Gasteiger partial charge in [-0.1, -0.05) is 11.6 Å². The molecule has 2 fully saturated rings. The lowest BCUT2D eigenvalue weighted by Gasteiger charge is -2.30. The molecule has 1 saturated carbocycles. The van der Waals surface area contributed by atoms with Crippen LogP contribution in [0.3, 0.4) is 0 Å². The molecule has 140 valence electrons. The van der Waals surface area contributed by atoms with Crippen LogP contribution in [0.4, 0.5) is 0 Å². The molecule has 1 aliphatic carbocycles. The van der Waals surface area contributed by atoms with E-state index < -0.39 is 0 Å². The lowest BCUT2D eigenvalue weighted by molar-refractivity contribution is -0.121. The first-order valence-corrected chi connectivity index (χ1v) is 9.63. The van der Waals surface area contributed by atoms with Crippen LogP contribution in [0.25, 0.3) is 10.9 Å². The van der Waals surface area contributed by atoms with Crippen LogP contribution >= 0.6 is 0 Å². The van der Waals surface area contributed by atoms with E-state index in [0.29, 0.717) is 18.4 Å². The van der Waals surface area contributed by atoms with Crippen LogP contribution in [0.15, 0.2) is 24.4 Å². The average molecular weight is 356 g/mol. The second-order valence-electron chi connectivity index (χ2n) is 7.85. The number of aryl methyl sites for hydroxylation is 2. The van der Waals surface area contributed by atoms with E-state index in [4.69, 9.17) is 4.74 Å². The molecule has 6 nitrogen and oxygen atoms in total. The van der Waals surface area contributed by atoms with Crippen molar-refractivity contribution in [3.8, 4) is 0 Å². The van der Waals surface area contributed by atoms with Gasteiger partial charge < -0.3 is 10.1 Å². The highest BCUT2D eigenvalue weighted by Crippen LogP contribution is 2.45. The van der Waals surface area contributed by atoms with E-state index in [1.54, 1.807) is 0 Å². The Balaban J connectivity index is 1.25. The SMILES string of the molecule is Cc1ccc2c(cnn2CCC(=O)NCC2(CN3CCOCC3)CC2)c1. The average Bonchev–Trinajstić information content (AvgIpc) is 3.30. The summed E-state index contributed by atoms with van der Waals surface area (Å²) in [5.74, 6) is 0.119. The van der Waals surface area contributed by atoms with Gasteiger partial charge >= 0.3 is 0 Å². The van der Waals surface area contributed by atoms with E-state index in [9.17, 15) is 4.79 Å². The maximum absolute atomic E-state index is 12.3. The van der Waals surface area contributed by atoms with E-state index in [0.717, 1.165) is 50.3 Å². The van der Waals surface area contributed by atoms with Crippen molar-refractivity contribution in [2.24, 2.45) is 5.41 Å². The predicted octanol–water partition coefficient (Wildman–Crippen LogP) is 1.96. The van der Waals surface area contributed by atoms with Crippen molar-refractivity contribution in [2.45, 2.75) is 32.7 Å². The van der Waals surface area contributed by atoms with E-state index in [2.05, 4.69) is 40.4 Å². The molecule has 0 bridgehead atoms. The van der Waals surface area contributed by atoms with Gasteiger partial charge in [-0.05, 0) is 31.9 Å². The second-order valence-corrected chi connectivity index (χ2v) is 7.85. The monoisotopic (exact) mass is 356 g/mol. The number of hydrogen-bond donors (Lipinski definition) is 1. The molecule has 0 radical (unpaired) electrons. The van der Waals surface area contributed by atoms with Crippen LogP contribution in [-0.2, 0) is 16.1 Å². The van der Waals surface area contributed by atoms with E-state index in [1.165, 1.54) is 18.4 Å². The first-order chi connectivity index (χ1) is 12.6. The molecule has 26 heavy (non-hydrogen) atoms. The summed E-state index contributed by atoms with van der Waals surface area (Å²) in [5.41, 5.74) is 2.61. The first-order valence-electron chi connectivity index (χ1n) is 9.63. The van der Waals surface area contributed by atoms with Gasteiger partial charge in [0.1, 0.15) is 0 Å². The number of aromatic nitrogens is 2. The van der Waals surface area contributed by atoms with Crippen LogP contribution < -0.4 is 5.32 Å². The summed E-state index contributed by atoms with van der Waals surface area (Å²) in [5, 5.41) is 8.71. The Labute approximate surface area is 154 Å². The number of nitrogens with zero attached hydrogens (tertiary/aromatic N) is 3. The molecule has 0 spiro atoms. The van der Waals surface area contributed by atoms with Gasteiger partial charge in [-0.15, -0.1) is 0 Å². The Kier molecular flexibility index (Phi) is 4.96. The van der Waals surface area contributed by atoms with Crippen molar-refractivity contribution in [2.75, 3.05) is 39.4 Å². The molecule has 2 heterocycles. The molecule has 4 rings (SSSR count). The zero-order valence-electron chi connectivity index (χ0n) is 15.5. The van der Waals surface area contributed by atoms with Gasteiger partial charge in [0.05, 0.1) is 31.5 Å². The van der Waals surface area contributed by atoms with Gasteiger partial charge in [0, 0.05) is 43.4 Å². The fourth-order valence-corrected chi connectivity index (χ4v) is 3.77. The van der Waals surface area contributed by atoms with Gasteiger partial charge in [-0.3, -0.25) is 14.4 Å². The van der Waals surface area contributed by atoms with Crippen molar-refractivity contribution in [3.63, 3.8) is 0 Å². The van der Waals surface area contributed by atoms with Gasteiger partial charge in [-0.2, -0.15) is 5.10 Å². The van der Waals surface area contributed by atoms with Crippen LogP contribution in [0.1, 0.15) is 24.8 Å². The fraction of sp³-hybridized carbons (Fsp3) is 0.600. The van der Waals surface area contributed by atoms with Crippen LogP contribution in [-0.4, -0.2) is 60.0 Å². The number of benzene rings is 1. The Morgan fingerprint density at radius 2 is 2.12 bits per heavy atom. The molecule has 1 aromatic carbocycles. The molecule has 1 amide bonds. The van der Waals surface area contributed by atoms with Crippen LogP contribution in [0.5, 0.6) is 0 Å². The number of hydrogen-bond acceptors (Lipinski definition) is 4. The highest BCUT2D eigenvalue weighted by molar-refractivity contribution is 5.80. The Hall–Kier alpha value is -1.92. The second kappa shape index (κ2) is 7.37. The number of carbonyl (C=O) groups excluding carboxylic acids is 1. The third kappa shape index (κ3) is 4.07. The fourth-order valence-electron chi connectivity index (χ4n) is 3.77. The highest BCUT2D eigenvalue weighted by Gasteiger charge is 2.44. The van der Waals surface area contributed by atoms with E-state index >= 15 is 0 Å². The van der Waals surface area contributed by atoms with Gasteiger partial charge in [0.15, 0.2) is 0 Å². The number of fused-ring (bicyclic) bond motifs is 1. The molecule has 2 aromatic rings. The Bertz CT molecular complexity index is 775. The Morgan fingerprint density at radius 1 is 1.31 bits per heavy atom. The van der Waals surface area contributed by atoms with Crippen LogP contribution in [0, 0.1) is 12.3 Å².